The third-order valence-electron chi connectivity index (χ3n) is 2.18. The minimum absolute atomic E-state index is 0.0385. The van der Waals surface area contributed by atoms with Crippen LogP contribution in [-0.2, 0) is 6.54 Å². The summed E-state index contributed by atoms with van der Waals surface area (Å²) in [4.78, 5) is 0. The molecule has 1 aromatic heterocycles. The highest BCUT2D eigenvalue weighted by atomic mass is 16.5. The molecule has 1 aromatic carbocycles. The standard InChI is InChI=1S/C11H13N3O2/c12-11-9(15)3-1-4-10(11)16-8-7-14-6-2-5-13-14/h1-6,15H,7-8,12H2. The molecule has 0 aliphatic rings. The van der Waals surface area contributed by atoms with Crippen molar-refractivity contribution >= 4 is 5.69 Å². The third-order valence-corrected chi connectivity index (χ3v) is 2.18. The summed E-state index contributed by atoms with van der Waals surface area (Å²) in [5, 5.41) is 13.4. The number of aromatic hydroxyl groups is 1. The molecule has 2 aromatic rings. The summed E-state index contributed by atoms with van der Waals surface area (Å²) in [6.07, 6.45) is 3.57. The van der Waals surface area contributed by atoms with E-state index in [-0.39, 0.29) is 11.4 Å². The van der Waals surface area contributed by atoms with Crippen molar-refractivity contribution < 1.29 is 9.84 Å². The average molecular weight is 219 g/mol. The summed E-state index contributed by atoms with van der Waals surface area (Å²) in [7, 11) is 0. The molecule has 0 saturated carbocycles. The normalized spacial score (nSPS) is 10.2. The number of nitrogens with zero attached hydrogens (tertiary/aromatic N) is 2. The van der Waals surface area contributed by atoms with Crippen molar-refractivity contribution in [2.24, 2.45) is 0 Å². The summed E-state index contributed by atoms with van der Waals surface area (Å²) in [5.74, 6) is 0.531. The molecular weight excluding hydrogens is 206 g/mol. The molecule has 0 amide bonds. The topological polar surface area (TPSA) is 73.3 Å². The fraction of sp³-hybridized carbons (Fsp3) is 0.182. The van der Waals surface area contributed by atoms with Crippen LogP contribution in [0.1, 0.15) is 0 Å². The quantitative estimate of drug-likeness (QED) is 0.599. The number of hydrogen-bond acceptors (Lipinski definition) is 4. The molecule has 0 aliphatic carbocycles. The van der Waals surface area contributed by atoms with Gasteiger partial charge in [-0.1, -0.05) is 6.07 Å². The van der Waals surface area contributed by atoms with Crippen LogP contribution < -0.4 is 10.5 Å². The van der Waals surface area contributed by atoms with Gasteiger partial charge in [0.2, 0.25) is 0 Å². The Morgan fingerprint density at radius 2 is 2.25 bits per heavy atom. The second-order valence-corrected chi connectivity index (χ2v) is 3.31. The molecule has 0 aliphatic heterocycles. The first-order valence-electron chi connectivity index (χ1n) is 4.95. The summed E-state index contributed by atoms with van der Waals surface area (Å²) in [6, 6.07) is 6.78. The summed E-state index contributed by atoms with van der Waals surface area (Å²) >= 11 is 0. The van der Waals surface area contributed by atoms with Crippen LogP contribution in [0.2, 0.25) is 0 Å². The van der Waals surface area contributed by atoms with Crippen LogP contribution in [-0.4, -0.2) is 21.5 Å². The van der Waals surface area contributed by atoms with Gasteiger partial charge in [0.25, 0.3) is 0 Å². The van der Waals surface area contributed by atoms with E-state index in [2.05, 4.69) is 5.10 Å². The molecule has 5 nitrogen and oxygen atoms in total. The Bertz CT molecular complexity index is 454. The van der Waals surface area contributed by atoms with Gasteiger partial charge in [-0.15, -0.1) is 0 Å². The van der Waals surface area contributed by atoms with Gasteiger partial charge < -0.3 is 15.6 Å². The van der Waals surface area contributed by atoms with E-state index in [0.717, 1.165) is 0 Å². The van der Waals surface area contributed by atoms with E-state index < -0.39 is 0 Å². The zero-order valence-corrected chi connectivity index (χ0v) is 8.71. The number of nitrogen functional groups attached to an aromatic ring is 1. The highest BCUT2D eigenvalue weighted by Crippen LogP contribution is 2.29. The number of anilines is 1. The van der Waals surface area contributed by atoms with E-state index in [4.69, 9.17) is 10.5 Å². The number of para-hydroxylation sites is 1. The van der Waals surface area contributed by atoms with Crippen molar-refractivity contribution in [3.05, 3.63) is 36.7 Å². The van der Waals surface area contributed by atoms with E-state index in [0.29, 0.717) is 18.9 Å². The van der Waals surface area contributed by atoms with Crippen LogP contribution in [0.4, 0.5) is 5.69 Å². The molecule has 0 atom stereocenters. The Morgan fingerprint density at radius 3 is 3.00 bits per heavy atom. The SMILES string of the molecule is Nc1c(O)cccc1OCCn1cccn1. The Morgan fingerprint density at radius 1 is 1.38 bits per heavy atom. The lowest BCUT2D eigenvalue weighted by Crippen LogP contribution is -2.09. The molecule has 1 heterocycles. The first-order chi connectivity index (χ1) is 7.77. The van der Waals surface area contributed by atoms with Crippen molar-refractivity contribution in [2.75, 3.05) is 12.3 Å². The van der Waals surface area contributed by atoms with Crippen LogP contribution in [0.3, 0.4) is 0 Å². The highest BCUT2D eigenvalue weighted by molar-refractivity contribution is 5.61. The van der Waals surface area contributed by atoms with Gasteiger partial charge in [0, 0.05) is 12.4 Å². The van der Waals surface area contributed by atoms with E-state index in [1.54, 1.807) is 23.0 Å². The van der Waals surface area contributed by atoms with Gasteiger partial charge in [-0.2, -0.15) is 5.10 Å². The molecule has 2 rings (SSSR count). The molecule has 3 N–H and O–H groups in total. The molecule has 0 radical (unpaired) electrons. The van der Waals surface area contributed by atoms with Gasteiger partial charge in [-0.05, 0) is 18.2 Å². The predicted molar refractivity (Wildman–Crippen MR) is 60.2 cm³/mol. The molecule has 0 bridgehead atoms. The smallest absolute Gasteiger partial charge is 0.146 e. The number of nitrogens with two attached hydrogens (primary N) is 1. The Balaban J connectivity index is 1.92. The monoisotopic (exact) mass is 219 g/mol. The second kappa shape index (κ2) is 4.57. The maximum atomic E-state index is 9.36. The van der Waals surface area contributed by atoms with Crippen LogP contribution >= 0.6 is 0 Å². The molecule has 5 heteroatoms. The number of hydrogen-bond donors (Lipinski definition) is 2. The molecular formula is C11H13N3O2. The van der Waals surface area contributed by atoms with Crippen LogP contribution in [0, 0.1) is 0 Å². The lowest BCUT2D eigenvalue weighted by Gasteiger charge is -2.09. The minimum Gasteiger partial charge on any atom is -0.506 e. The molecule has 0 unspecified atom stereocenters. The van der Waals surface area contributed by atoms with Gasteiger partial charge in [0.15, 0.2) is 0 Å². The first kappa shape index (κ1) is 10.4. The van der Waals surface area contributed by atoms with Crippen LogP contribution in [0.15, 0.2) is 36.7 Å². The Hall–Kier alpha value is -2.17. The molecule has 16 heavy (non-hydrogen) atoms. The number of aromatic nitrogens is 2. The third kappa shape index (κ3) is 2.25. The number of phenols is 1. The van der Waals surface area contributed by atoms with Crippen molar-refractivity contribution in [3.8, 4) is 11.5 Å². The van der Waals surface area contributed by atoms with Gasteiger partial charge in [0.05, 0.1) is 6.54 Å². The summed E-state index contributed by atoms with van der Waals surface area (Å²) in [5.41, 5.74) is 5.91. The van der Waals surface area contributed by atoms with Crippen molar-refractivity contribution in [1.82, 2.24) is 9.78 Å². The molecule has 0 saturated heterocycles. The predicted octanol–water partition coefficient (Wildman–Crippen LogP) is 1.25. The van der Waals surface area contributed by atoms with Gasteiger partial charge in [0.1, 0.15) is 23.8 Å². The van der Waals surface area contributed by atoms with Gasteiger partial charge in [-0.25, -0.2) is 0 Å². The molecule has 84 valence electrons. The maximum Gasteiger partial charge on any atom is 0.146 e. The number of rotatable bonds is 4. The van der Waals surface area contributed by atoms with E-state index in [1.165, 1.54) is 6.07 Å². The average Bonchev–Trinajstić information content (AvgIpc) is 2.77. The largest absolute Gasteiger partial charge is 0.506 e. The zero-order chi connectivity index (χ0) is 11.4. The van der Waals surface area contributed by atoms with Gasteiger partial charge >= 0.3 is 0 Å². The number of ether oxygens (including phenoxy) is 1. The van der Waals surface area contributed by atoms with Crippen molar-refractivity contribution in [3.63, 3.8) is 0 Å². The van der Waals surface area contributed by atoms with E-state index in [9.17, 15) is 5.11 Å². The maximum absolute atomic E-state index is 9.36. The molecule has 0 fully saturated rings. The van der Waals surface area contributed by atoms with Crippen molar-refractivity contribution in [1.29, 1.82) is 0 Å². The summed E-state index contributed by atoms with van der Waals surface area (Å²) in [6.45, 7) is 1.09. The minimum atomic E-state index is 0.0385. The lowest BCUT2D eigenvalue weighted by molar-refractivity contribution is 0.291. The van der Waals surface area contributed by atoms with Gasteiger partial charge in [-0.3, -0.25) is 4.68 Å². The van der Waals surface area contributed by atoms with Crippen molar-refractivity contribution in [2.45, 2.75) is 6.54 Å². The number of phenolic OH excluding ortho intramolecular Hbond substituents is 1. The van der Waals surface area contributed by atoms with Crippen LogP contribution in [0.25, 0.3) is 0 Å². The number of benzene rings is 1. The van der Waals surface area contributed by atoms with Crippen LogP contribution in [0.5, 0.6) is 11.5 Å². The Kier molecular flexibility index (Phi) is 2.95. The zero-order valence-electron chi connectivity index (χ0n) is 8.71. The highest BCUT2D eigenvalue weighted by Gasteiger charge is 2.04. The second-order valence-electron chi connectivity index (χ2n) is 3.31. The first-order valence-corrected chi connectivity index (χ1v) is 4.95. The summed E-state index contributed by atoms with van der Waals surface area (Å²) < 4.78 is 7.21. The lowest BCUT2D eigenvalue weighted by atomic mass is 10.3. The van der Waals surface area contributed by atoms with E-state index >= 15 is 0 Å². The molecule has 0 spiro atoms. The van der Waals surface area contributed by atoms with E-state index in [1.807, 2.05) is 12.3 Å². The Labute approximate surface area is 93.1 Å². The fourth-order valence-electron chi connectivity index (χ4n) is 1.34. The fourth-order valence-corrected chi connectivity index (χ4v) is 1.34.